The smallest absolute Gasteiger partial charge is 0.267 e. The van der Waals surface area contributed by atoms with Gasteiger partial charge in [0.05, 0.1) is 16.4 Å². The molecule has 1 N–H and O–H groups in total. The summed E-state index contributed by atoms with van der Waals surface area (Å²) in [5, 5.41) is 12.4. The van der Waals surface area contributed by atoms with Gasteiger partial charge in [-0.3, -0.25) is 9.59 Å². The lowest BCUT2D eigenvalue weighted by Gasteiger charge is -2.10. The number of amides is 1. The molecule has 1 amide bonds. The molecule has 2 aromatic heterocycles. The minimum Gasteiger partial charge on any atom is -0.324 e. The molecule has 33 heavy (non-hydrogen) atoms. The standard InChI is InChI=1S/C26H20N4O2S/c1-17-27-24(16-33-17)19-8-4-9-20(14-19)28-25(31)15-30-26(32)13-12-23(29-30)22-11-5-7-18-6-2-3-10-21(18)22/h2-14,16H,15H2,1H3,(H,28,31). The molecule has 5 aromatic rings. The third-order valence-corrected chi connectivity index (χ3v) is 6.06. The monoisotopic (exact) mass is 452 g/mol. The molecule has 0 atom stereocenters. The van der Waals surface area contributed by atoms with Crippen molar-refractivity contribution in [3.63, 3.8) is 0 Å². The van der Waals surface area contributed by atoms with Crippen LogP contribution in [0, 0.1) is 6.92 Å². The molecule has 0 radical (unpaired) electrons. The van der Waals surface area contributed by atoms with Crippen LogP contribution in [0.15, 0.2) is 89.0 Å². The van der Waals surface area contributed by atoms with Crippen molar-refractivity contribution in [2.75, 3.05) is 5.32 Å². The molecule has 0 aliphatic carbocycles. The number of rotatable bonds is 5. The van der Waals surface area contributed by atoms with E-state index in [1.54, 1.807) is 17.4 Å². The van der Waals surface area contributed by atoms with Crippen molar-refractivity contribution < 1.29 is 4.79 Å². The molecule has 0 aliphatic heterocycles. The van der Waals surface area contributed by atoms with Crippen molar-refractivity contribution in [2.24, 2.45) is 0 Å². The first-order chi connectivity index (χ1) is 16.1. The van der Waals surface area contributed by atoms with Crippen LogP contribution in [0.3, 0.4) is 0 Å². The van der Waals surface area contributed by atoms with Crippen molar-refractivity contribution >= 4 is 33.7 Å². The Balaban J connectivity index is 1.39. The number of nitrogens with zero attached hydrogens (tertiary/aromatic N) is 3. The maximum absolute atomic E-state index is 12.7. The van der Waals surface area contributed by atoms with Gasteiger partial charge in [-0.1, -0.05) is 54.6 Å². The second kappa shape index (κ2) is 8.80. The normalized spacial score (nSPS) is 10.9. The summed E-state index contributed by atoms with van der Waals surface area (Å²) in [7, 11) is 0. The van der Waals surface area contributed by atoms with Gasteiger partial charge in [0.25, 0.3) is 5.56 Å². The van der Waals surface area contributed by atoms with E-state index < -0.39 is 0 Å². The summed E-state index contributed by atoms with van der Waals surface area (Å²) >= 11 is 1.58. The maximum atomic E-state index is 12.7. The highest BCUT2D eigenvalue weighted by Crippen LogP contribution is 2.27. The number of hydrogen-bond acceptors (Lipinski definition) is 5. The summed E-state index contributed by atoms with van der Waals surface area (Å²) < 4.78 is 1.19. The minimum absolute atomic E-state index is 0.183. The van der Waals surface area contributed by atoms with Gasteiger partial charge in [-0.25, -0.2) is 9.67 Å². The second-order valence-electron chi connectivity index (χ2n) is 7.62. The van der Waals surface area contributed by atoms with Gasteiger partial charge in [0.15, 0.2) is 0 Å². The summed E-state index contributed by atoms with van der Waals surface area (Å²) in [5.41, 5.74) is 3.65. The highest BCUT2D eigenvalue weighted by molar-refractivity contribution is 7.09. The van der Waals surface area contributed by atoms with E-state index in [1.807, 2.05) is 79.0 Å². The van der Waals surface area contributed by atoms with E-state index >= 15 is 0 Å². The summed E-state index contributed by atoms with van der Waals surface area (Å²) in [6.45, 7) is 1.77. The highest BCUT2D eigenvalue weighted by Gasteiger charge is 2.11. The number of anilines is 1. The third-order valence-electron chi connectivity index (χ3n) is 5.29. The molecule has 0 aliphatic rings. The number of fused-ring (bicyclic) bond motifs is 1. The zero-order valence-electron chi connectivity index (χ0n) is 17.9. The molecule has 0 saturated heterocycles. The molecular weight excluding hydrogens is 432 g/mol. The van der Waals surface area contributed by atoms with E-state index in [-0.39, 0.29) is 18.0 Å². The zero-order valence-corrected chi connectivity index (χ0v) is 18.7. The number of aryl methyl sites for hydroxylation is 1. The van der Waals surface area contributed by atoms with Crippen LogP contribution >= 0.6 is 11.3 Å². The van der Waals surface area contributed by atoms with Crippen LogP contribution in [0.2, 0.25) is 0 Å². The van der Waals surface area contributed by atoms with E-state index in [0.29, 0.717) is 11.4 Å². The number of carbonyl (C=O) groups is 1. The van der Waals surface area contributed by atoms with E-state index in [4.69, 9.17) is 0 Å². The lowest BCUT2D eigenvalue weighted by molar-refractivity contribution is -0.117. The average molecular weight is 453 g/mol. The van der Waals surface area contributed by atoms with Gasteiger partial charge in [0, 0.05) is 28.3 Å². The van der Waals surface area contributed by atoms with E-state index in [1.165, 1.54) is 10.7 Å². The topological polar surface area (TPSA) is 76.9 Å². The van der Waals surface area contributed by atoms with Crippen LogP contribution in [0.25, 0.3) is 33.3 Å². The van der Waals surface area contributed by atoms with Crippen LogP contribution in [-0.2, 0) is 11.3 Å². The molecule has 5 rings (SSSR count). The maximum Gasteiger partial charge on any atom is 0.267 e. The fourth-order valence-electron chi connectivity index (χ4n) is 3.74. The lowest BCUT2D eigenvalue weighted by Crippen LogP contribution is -2.29. The van der Waals surface area contributed by atoms with Crippen LogP contribution < -0.4 is 10.9 Å². The first-order valence-corrected chi connectivity index (χ1v) is 11.3. The SMILES string of the molecule is Cc1nc(-c2cccc(NC(=O)Cn3nc(-c4cccc5ccccc45)ccc3=O)c2)cs1. The molecule has 0 saturated carbocycles. The molecule has 0 bridgehead atoms. The van der Waals surface area contributed by atoms with Crippen molar-refractivity contribution in [1.82, 2.24) is 14.8 Å². The first-order valence-electron chi connectivity index (χ1n) is 10.5. The Labute approximate surface area is 194 Å². The molecule has 0 spiro atoms. The number of hydrogen-bond donors (Lipinski definition) is 1. The summed E-state index contributed by atoms with van der Waals surface area (Å²) in [4.78, 5) is 29.6. The van der Waals surface area contributed by atoms with Gasteiger partial charge in [0.1, 0.15) is 6.54 Å². The van der Waals surface area contributed by atoms with Crippen LogP contribution in [0.5, 0.6) is 0 Å². The van der Waals surface area contributed by atoms with E-state index in [2.05, 4.69) is 15.4 Å². The highest BCUT2D eigenvalue weighted by atomic mass is 32.1. The quantitative estimate of drug-likeness (QED) is 0.401. The molecule has 6 nitrogen and oxygen atoms in total. The van der Waals surface area contributed by atoms with Crippen molar-refractivity contribution in [2.45, 2.75) is 13.5 Å². The Kier molecular flexibility index (Phi) is 5.54. The summed E-state index contributed by atoms with van der Waals surface area (Å²) in [5.74, 6) is -0.328. The van der Waals surface area contributed by atoms with E-state index in [9.17, 15) is 9.59 Å². The lowest BCUT2D eigenvalue weighted by atomic mass is 10.0. The van der Waals surface area contributed by atoms with Gasteiger partial charge in [0.2, 0.25) is 5.91 Å². The zero-order chi connectivity index (χ0) is 22.8. The minimum atomic E-state index is -0.333. The van der Waals surface area contributed by atoms with E-state index in [0.717, 1.165) is 32.6 Å². The van der Waals surface area contributed by atoms with Gasteiger partial charge < -0.3 is 5.32 Å². The van der Waals surface area contributed by atoms with Crippen LogP contribution in [0.4, 0.5) is 5.69 Å². The largest absolute Gasteiger partial charge is 0.324 e. The molecule has 162 valence electrons. The first kappa shape index (κ1) is 20.8. The second-order valence-corrected chi connectivity index (χ2v) is 8.68. The number of nitrogens with one attached hydrogen (secondary N) is 1. The van der Waals surface area contributed by atoms with Crippen molar-refractivity contribution in [1.29, 1.82) is 0 Å². The van der Waals surface area contributed by atoms with Gasteiger partial charge in [-0.2, -0.15) is 5.10 Å². The van der Waals surface area contributed by atoms with Crippen LogP contribution in [0.1, 0.15) is 5.01 Å². The Bertz CT molecular complexity index is 1530. The predicted octanol–water partition coefficient (Wildman–Crippen LogP) is 5.13. The average Bonchev–Trinajstić information content (AvgIpc) is 3.27. The Morgan fingerprint density at radius 1 is 0.970 bits per heavy atom. The van der Waals surface area contributed by atoms with Crippen LogP contribution in [-0.4, -0.2) is 20.7 Å². The third kappa shape index (κ3) is 4.44. The molecule has 7 heteroatoms. The fraction of sp³-hybridized carbons (Fsp3) is 0.0769. The summed E-state index contributed by atoms with van der Waals surface area (Å²) in [6, 6.07) is 24.6. The number of aromatic nitrogens is 3. The number of benzene rings is 3. The van der Waals surface area contributed by atoms with Gasteiger partial charge in [-0.15, -0.1) is 11.3 Å². The molecule has 0 unspecified atom stereocenters. The molecule has 0 fully saturated rings. The van der Waals surface area contributed by atoms with Crippen molar-refractivity contribution in [3.05, 3.63) is 99.6 Å². The Morgan fingerprint density at radius 3 is 2.64 bits per heavy atom. The Hall–Kier alpha value is -4.10. The molecule has 3 aromatic carbocycles. The molecule has 2 heterocycles. The van der Waals surface area contributed by atoms with Gasteiger partial charge >= 0.3 is 0 Å². The predicted molar refractivity (Wildman–Crippen MR) is 132 cm³/mol. The number of thiazole rings is 1. The number of carbonyl (C=O) groups excluding carboxylic acids is 1. The van der Waals surface area contributed by atoms with Crippen molar-refractivity contribution in [3.8, 4) is 22.5 Å². The van der Waals surface area contributed by atoms with Gasteiger partial charge in [-0.05, 0) is 35.9 Å². The Morgan fingerprint density at radius 2 is 1.79 bits per heavy atom. The molecular formula is C26H20N4O2S. The fourth-order valence-corrected chi connectivity index (χ4v) is 4.37. The summed E-state index contributed by atoms with van der Waals surface area (Å²) in [6.07, 6.45) is 0.